The Morgan fingerprint density at radius 1 is 1.86 bits per heavy atom. The first-order valence-corrected chi connectivity index (χ1v) is 2.16. The summed E-state index contributed by atoms with van der Waals surface area (Å²) in [7, 11) is 0. The minimum atomic E-state index is -0.572. The molecule has 1 unspecified atom stereocenters. The van der Waals surface area contributed by atoms with Crippen molar-refractivity contribution in [2.75, 3.05) is 0 Å². The van der Waals surface area contributed by atoms with E-state index in [0.29, 0.717) is 6.47 Å². The third-order valence-electron chi connectivity index (χ3n) is 0.382. The highest BCUT2D eigenvalue weighted by Gasteiger charge is 1.90. The lowest BCUT2D eigenvalue weighted by Gasteiger charge is -1.96. The van der Waals surface area contributed by atoms with E-state index in [1.54, 1.807) is 0 Å². The molecule has 0 N–H and O–H groups in total. The Kier molecular flexibility index (Phi) is 3.50. The average Bonchev–Trinajstić information content (AvgIpc) is 1.68. The van der Waals surface area contributed by atoms with Crippen LogP contribution in [-0.4, -0.2) is 11.9 Å². The minimum Gasteiger partial charge on any atom is -0.448 e. The Balaban J connectivity index is 3.15. The summed E-state index contributed by atoms with van der Waals surface area (Å²) < 4.78 is 4.21. The summed E-state index contributed by atoms with van der Waals surface area (Å²) in [6, 6.07) is 0. The van der Waals surface area contributed by atoms with Crippen LogP contribution in [0.5, 0.6) is 0 Å². The van der Waals surface area contributed by atoms with Crippen LogP contribution < -0.4 is 0 Å². The first kappa shape index (κ1) is 6.56. The van der Waals surface area contributed by atoms with E-state index in [2.05, 4.69) is 23.9 Å². The molecule has 7 heavy (non-hydrogen) atoms. The van der Waals surface area contributed by atoms with E-state index in [0.717, 1.165) is 0 Å². The Bertz CT molecular complexity index is 72.1. The number of rotatable bonds is 3. The van der Waals surface area contributed by atoms with Crippen LogP contribution in [0.15, 0.2) is 12.7 Å². The second kappa shape index (κ2) is 3.74. The van der Waals surface area contributed by atoms with Crippen LogP contribution >= 0.6 is 12.6 Å². The van der Waals surface area contributed by atoms with Crippen molar-refractivity contribution >= 4 is 19.1 Å². The maximum absolute atomic E-state index is 9.44. The summed E-state index contributed by atoms with van der Waals surface area (Å²) >= 11 is 4.47. The summed E-state index contributed by atoms with van der Waals surface area (Å²) in [6.07, 6.45) is 1.36. The van der Waals surface area contributed by atoms with Gasteiger partial charge >= 0.3 is 0 Å². The topological polar surface area (TPSA) is 26.3 Å². The number of hydrogen-bond acceptors (Lipinski definition) is 2. The molecule has 0 aliphatic rings. The molecular formula is C4H5O2S. The maximum Gasteiger partial charge on any atom is 0.294 e. The van der Waals surface area contributed by atoms with E-state index < -0.39 is 5.44 Å². The van der Waals surface area contributed by atoms with Crippen LogP contribution in [0.4, 0.5) is 0 Å². The predicted octanol–water partition coefficient (Wildman–Crippen LogP) is 0.869. The van der Waals surface area contributed by atoms with Gasteiger partial charge < -0.3 is 4.74 Å². The predicted molar refractivity (Wildman–Crippen MR) is 28.7 cm³/mol. The number of ether oxygens (including phenoxy) is 1. The lowest BCUT2D eigenvalue weighted by atomic mass is 10.7. The molecule has 0 rings (SSSR count). The average molecular weight is 117 g/mol. The third kappa shape index (κ3) is 3.39. The lowest BCUT2D eigenvalue weighted by Crippen LogP contribution is -1.96. The molecule has 0 spiro atoms. The van der Waals surface area contributed by atoms with E-state index in [1.165, 1.54) is 6.08 Å². The second-order valence-corrected chi connectivity index (χ2v) is 1.30. The van der Waals surface area contributed by atoms with Gasteiger partial charge in [0.1, 0.15) is 0 Å². The van der Waals surface area contributed by atoms with Gasteiger partial charge in [0, 0.05) is 0 Å². The molecule has 2 nitrogen and oxygen atoms in total. The fraction of sp³-hybridized carbons (Fsp3) is 0.250. The maximum atomic E-state index is 9.44. The largest absolute Gasteiger partial charge is 0.448 e. The Labute approximate surface area is 47.6 Å². The van der Waals surface area contributed by atoms with Crippen molar-refractivity contribution in [2.24, 2.45) is 0 Å². The summed E-state index contributed by atoms with van der Waals surface area (Å²) in [4.78, 5) is 9.44. The molecule has 1 radical (unpaired) electrons. The van der Waals surface area contributed by atoms with Crippen molar-refractivity contribution in [3.8, 4) is 0 Å². The van der Waals surface area contributed by atoms with Gasteiger partial charge in [-0.15, -0.1) is 0 Å². The van der Waals surface area contributed by atoms with Gasteiger partial charge in [0.05, 0.1) is 0 Å². The molecule has 0 aromatic rings. The van der Waals surface area contributed by atoms with Crippen LogP contribution in [0.1, 0.15) is 0 Å². The second-order valence-electron chi connectivity index (χ2n) is 0.836. The first-order chi connectivity index (χ1) is 3.31. The highest BCUT2D eigenvalue weighted by Crippen LogP contribution is 1.93. The standard InChI is InChI=1S/C4H5O2S/c1-2-4(7)6-3-5/h2-4H,1H2. The fourth-order valence-corrected chi connectivity index (χ4v) is 0.156. The zero-order chi connectivity index (χ0) is 5.70. The van der Waals surface area contributed by atoms with E-state index in [4.69, 9.17) is 0 Å². The van der Waals surface area contributed by atoms with Crippen LogP contribution in [0.3, 0.4) is 0 Å². The van der Waals surface area contributed by atoms with Crippen molar-refractivity contribution in [1.82, 2.24) is 0 Å². The zero-order valence-electron chi connectivity index (χ0n) is 3.66. The lowest BCUT2D eigenvalue weighted by molar-refractivity contribution is -0.128. The monoisotopic (exact) mass is 117 g/mol. The van der Waals surface area contributed by atoms with E-state index in [9.17, 15) is 4.79 Å². The van der Waals surface area contributed by atoms with Crippen LogP contribution in [0.25, 0.3) is 0 Å². The molecule has 0 aliphatic carbocycles. The van der Waals surface area contributed by atoms with Crippen molar-refractivity contribution in [2.45, 2.75) is 5.44 Å². The van der Waals surface area contributed by atoms with Crippen molar-refractivity contribution < 1.29 is 9.53 Å². The molecule has 0 aromatic heterocycles. The van der Waals surface area contributed by atoms with Gasteiger partial charge in [-0.3, -0.25) is 4.79 Å². The van der Waals surface area contributed by atoms with Gasteiger partial charge in [-0.2, -0.15) is 0 Å². The third-order valence-corrected chi connectivity index (χ3v) is 0.686. The highest BCUT2D eigenvalue weighted by molar-refractivity contribution is 7.81. The molecule has 39 valence electrons. The Morgan fingerprint density at radius 2 is 2.43 bits per heavy atom. The Hall–Kier alpha value is -0.440. The number of hydrogen-bond donors (Lipinski definition) is 0. The van der Waals surface area contributed by atoms with Crippen LogP contribution in [0, 0.1) is 0 Å². The quantitative estimate of drug-likeness (QED) is 0.405. The molecular weight excluding hydrogens is 112 g/mol. The zero-order valence-corrected chi connectivity index (χ0v) is 4.48. The smallest absolute Gasteiger partial charge is 0.294 e. The normalized spacial score (nSPS) is 12.1. The van der Waals surface area contributed by atoms with Gasteiger partial charge in [-0.1, -0.05) is 6.58 Å². The van der Waals surface area contributed by atoms with Gasteiger partial charge in [0.2, 0.25) is 0 Å². The fourth-order valence-electron chi connectivity index (χ4n) is 0.110. The molecule has 0 bridgehead atoms. The SMILES string of the molecule is C=CC([S])OC=O. The molecule has 0 aromatic carbocycles. The first-order valence-electron chi connectivity index (χ1n) is 1.68. The minimum absolute atomic E-state index is 0.305. The summed E-state index contributed by atoms with van der Waals surface area (Å²) in [5.41, 5.74) is -0.572. The number of carbonyl (C=O) groups is 1. The molecule has 0 heterocycles. The Morgan fingerprint density at radius 3 is 2.57 bits per heavy atom. The van der Waals surface area contributed by atoms with E-state index in [-0.39, 0.29) is 0 Å². The van der Waals surface area contributed by atoms with Gasteiger partial charge in [0.25, 0.3) is 6.47 Å². The summed E-state index contributed by atoms with van der Waals surface area (Å²) in [5, 5.41) is 0. The van der Waals surface area contributed by atoms with Crippen LogP contribution in [-0.2, 0) is 9.53 Å². The number of carbonyl (C=O) groups excluding carboxylic acids is 1. The van der Waals surface area contributed by atoms with Gasteiger partial charge in [-0.25, -0.2) is 0 Å². The molecule has 0 amide bonds. The molecule has 0 saturated heterocycles. The summed E-state index contributed by atoms with van der Waals surface area (Å²) in [6.45, 7) is 3.60. The van der Waals surface area contributed by atoms with Gasteiger partial charge in [0.15, 0.2) is 5.44 Å². The van der Waals surface area contributed by atoms with Crippen molar-refractivity contribution in [1.29, 1.82) is 0 Å². The van der Waals surface area contributed by atoms with E-state index in [1.807, 2.05) is 0 Å². The van der Waals surface area contributed by atoms with Crippen molar-refractivity contribution in [3.63, 3.8) is 0 Å². The van der Waals surface area contributed by atoms with Gasteiger partial charge in [-0.05, 0) is 18.7 Å². The van der Waals surface area contributed by atoms with E-state index >= 15 is 0 Å². The highest BCUT2D eigenvalue weighted by atomic mass is 32.1. The molecule has 0 saturated carbocycles. The molecule has 3 heteroatoms. The molecule has 0 aliphatic heterocycles. The molecule has 0 fully saturated rings. The molecule has 1 atom stereocenters. The summed E-state index contributed by atoms with van der Waals surface area (Å²) in [5.74, 6) is 0. The van der Waals surface area contributed by atoms with Crippen LogP contribution in [0.2, 0.25) is 0 Å². The van der Waals surface area contributed by atoms with Crippen molar-refractivity contribution in [3.05, 3.63) is 12.7 Å².